The summed E-state index contributed by atoms with van der Waals surface area (Å²) in [5.74, 6) is -0.207. The maximum atomic E-state index is 13.7. The summed E-state index contributed by atoms with van der Waals surface area (Å²) in [4.78, 5) is 28.6. The van der Waals surface area contributed by atoms with Gasteiger partial charge in [-0.15, -0.1) is 0 Å². The number of nitrogens with zero attached hydrogens (tertiary/aromatic N) is 2. The van der Waals surface area contributed by atoms with Crippen molar-refractivity contribution in [3.8, 4) is 0 Å². The first-order valence-corrected chi connectivity index (χ1v) is 10.0. The van der Waals surface area contributed by atoms with Crippen molar-refractivity contribution in [3.05, 3.63) is 105 Å². The predicted molar refractivity (Wildman–Crippen MR) is 116 cm³/mol. The Morgan fingerprint density at radius 2 is 1.75 bits per heavy atom. The van der Waals surface area contributed by atoms with Crippen LogP contribution < -0.4 is 10.3 Å². The van der Waals surface area contributed by atoms with E-state index in [-0.39, 0.29) is 22.6 Å². The maximum absolute atomic E-state index is 13.7. The van der Waals surface area contributed by atoms with Gasteiger partial charge in [0.15, 0.2) is 11.2 Å². The van der Waals surface area contributed by atoms with Crippen LogP contribution in [0.25, 0.3) is 21.7 Å². The fraction of sp³-hybridized carbons (Fsp3) is 0.0800. The lowest BCUT2D eigenvalue weighted by molar-refractivity contribution is 0.0969. The number of rotatable bonds is 2. The molecule has 0 saturated carbocycles. The van der Waals surface area contributed by atoms with Crippen LogP contribution in [-0.4, -0.2) is 11.1 Å². The number of carbonyl (C=O) groups is 1. The highest BCUT2D eigenvalue weighted by Crippen LogP contribution is 2.41. The number of hydrogen-bond donors (Lipinski definition) is 0. The number of aryl methyl sites for hydroxylation is 1. The van der Waals surface area contributed by atoms with Gasteiger partial charge in [-0.3, -0.25) is 14.5 Å². The van der Waals surface area contributed by atoms with E-state index in [0.717, 1.165) is 10.8 Å². The molecule has 6 rings (SSSR count). The third-order valence-electron chi connectivity index (χ3n) is 5.81. The Hall–Kier alpha value is -4.26. The average Bonchev–Trinajstić information content (AvgIpc) is 3.35. The lowest BCUT2D eigenvalue weighted by atomic mass is 9.97. The van der Waals surface area contributed by atoms with Crippen LogP contribution in [0.15, 0.2) is 80.5 Å². The summed E-state index contributed by atoms with van der Waals surface area (Å²) in [6.07, 6.45) is 0. The minimum Gasteiger partial charge on any atom is -0.450 e. The van der Waals surface area contributed by atoms with E-state index in [1.54, 1.807) is 31.2 Å². The van der Waals surface area contributed by atoms with Gasteiger partial charge in [-0.05, 0) is 36.1 Å². The molecule has 1 atom stereocenters. The fourth-order valence-electron chi connectivity index (χ4n) is 4.36. The van der Waals surface area contributed by atoms with Crippen LogP contribution in [-0.2, 0) is 0 Å². The van der Waals surface area contributed by atoms with E-state index in [2.05, 4.69) is 5.16 Å². The Kier molecular flexibility index (Phi) is 3.83. The summed E-state index contributed by atoms with van der Waals surface area (Å²) in [5, 5.41) is 6.00. The van der Waals surface area contributed by atoms with E-state index >= 15 is 0 Å². The van der Waals surface area contributed by atoms with Crippen LogP contribution in [0, 0.1) is 12.7 Å². The molecule has 1 amide bonds. The average molecular weight is 426 g/mol. The summed E-state index contributed by atoms with van der Waals surface area (Å²) < 4.78 is 24.9. The molecule has 3 heterocycles. The van der Waals surface area contributed by atoms with Crippen molar-refractivity contribution in [1.82, 2.24) is 5.16 Å². The molecule has 1 aliphatic heterocycles. The Bertz CT molecular complexity index is 1600. The van der Waals surface area contributed by atoms with Gasteiger partial charge in [0.25, 0.3) is 5.91 Å². The van der Waals surface area contributed by atoms with Gasteiger partial charge in [0, 0.05) is 11.5 Å². The van der Waals surface area contributed by atoms with Crippen LogP contribution in [0.1, 0.15) is 33.5 Å². The normalized spacial score (nSPS) is 15.6. The molecule has 1 unspecified atom stereocenters. The van der Waals surface area contributed by atoms with Crippen LogP contribution in [0.3, 0.4) is 0 Å². The number of aromatic nitrogens is 1. The molecule has 3 aromatic carbocycles. The third-order valence-corrected chi connectivity index (χ3v) is 5.81. The highest BCUT2D eigenvalue weighted by atomic mass is 19.1. The van der Waals surface area contributed by atoms with E-state index in [9.17, 15) is 14.0 Å². The molecule has 1 aliphatic rings. The van der Waals surface area contributed by atoms with Crippen molar-refractivity contribution in [2.45, 2.75) is 13.0 Å². The number of carbonyl (C=O) groups excluding carboxylic acids is 1. The summed E-state index contributed by atoms with van der Waals surface area (Å²) in [5.41, 5.74) is 0.810. The molecule has 6 nitrogen and oxygen atoms in total. The van der Waals surface area contributed by atoms with E-state index in [1.807, 2.05) is 30.3 Å². The monoisotopic (exact) mass is 426 g/mol. The van der Waals surface area contributed by atoms with E-state index < -0.39 is 17.8 Å². The SMILES string of the molecule is Cc1cc(N2C(=O)c3oc4c(ccc5ccccc54)c(=O)c3C2c2ccc(F)cc2)no1. The van der Waals surface area contributed by atoms with Gasteiger partial charge in [-0.25, -0.2) is 4.39 Å². The number of fused-ring (bicyclic) bond motifs is 4. The summed E-state index contributed by atoms with van der Waals surface area (Å²) >= 11 is 0. The minimum atomic E-state index is -0.824. The molecule has 32 heavy (non-hydrogen) atoms. The summed E-state index contributed by atoms with van der Waals surface area (Å²) in [6, 6.07) is 17.5. The number of halogens is 1. The first kappa shape index (κ1) is 18.5. The van der Waals surface area contributed by atoms with Gasteiger partial charge in [0.05, 0.1) is 17.0 Å². The highest BCUT2D eigenvalue weighted by molar-refractivity contribution is 6.12. The van der Waals surface area contributed by atoms with Gasteiger partial charge in [0.1, 0.15) is 17.2 Å². The van der Waals surface area contributed by atoms with Crippen LogP contribution >= 0.6 is 0 Å². The number of amides is 1. The van der Waals surface area contributed by atoms with E-state index in [1.165, 1.54) is 17.0 Å². The Morgan fingerprint density at radius 1 is 0.969 bits per heavy atom. The minimum absolute atomic E-state index is 0.0474. The zero-order valence-corrected chi connectivity index (χ0v) is 16.8. The summed E-state index contributed by atoms with van der Waals surface area (Å²) in [6.45, 7) is 1.71. The third kappa shape index (κ3) is 2.54. The van der Waals surface area contributed by atoms with Crippen LogP contribution in [0.2, 0.25) is 0 Å². The molecule has 0 aliphatic carbocycles. The first-order chi connectivity index (χ1) is 15.5. The van der Waals surface area contributed by atoms with E-state index in [0.29, 0.717) is 22.3 Å². The molecule has 0 spiro atoms. The molecule has 0 bridgehead atoms. The van der Waals surface area contributed by atoms with Gasteiger partial charge >= 0.3 is 0 Å². The topological polar surface area (TPSA) is 76.6 Å². The van der Waals surface area contributed by atoms with E-state index in [4.69, 9.17) is 8.94 Å². The summed E-state index contributed by atoms with van der Waals surface area (Å²) in [7, 11) is 0. The Balaban J connectivity index is 1.69. The zero-order chi connectivity index (χ0) is 22.0. The second kappa shape index (κ2) is 6.62. The molecule has 0 saturated heterocycles. The number of anilines is 1. The smallest absolute Gasteiger partial charge is 0.296 e. The second-order valence-electron chi connectivity index (χ2n) is 7.76. The molecule has 156 valence electrons. The van der Waals surface area contributed by atoms with Crippen molar-refractivity contribution in [2.24, 2.45) is 0 Å². The van der Waals surface area contributed by atoms with Gasteiger partial charge in [0.2, 0.25) is 5.76 Å². The molecular weight excluding hydrogens is 411 g/mol. The van der Waals surface area contributed by atoms with Crippen molar-refractivity contribution >= 4 is 33.5 Å². The first-order valence-electron chi connectivity index (χ1n) is 10.0. The Labute approximate surface area is 180 Å². The molecule has 0 fully saturated rings. The number of benzene rings is 3. The molecule has 0 N–H and O–H groups in total. The largest absolute Gasteiger partial charge is 0.450 e. The standard InChI is InChI=1S/C25H15FN2O4/c1-13-12-19(27-32-13)28-21(15-6-9-16(26)10-7-15)20-22(29)18-11-8-14-4-2-3-5-17(14)23(18)31-24(20)25(28)30/h2-12,21H,1H3. The molecule has 2 aromatic heterocycles. The van der Waals surface area contributed by atoms with Crippen molar-refractivity contribution in [2.75, 3.05) is 4.90 Å². The van der Waals surface area contributed by atoms with Crippen molar-refractivity contribution in [3.63, 3.8) is 0 Å². The Morgan fingerprint density at radius 3 is 2.50 bits per heavy atom. The number of hydrogen-bond acceptors (Lipinski definition) is 5. The molecular formula is C25H15FN2O4. The van der Waals surface area contributed by atoms with Crippen LogP contribution in [0.5, 0.6) is 0 Å². The maximum Gasteiger partial charge on any atom is 0.296 e. The molecule has 7 heteroatoms. The molecule has 5 aromatic rings. The van der Waals surface area contributed by atoms with Gasteiger partial charge in [-0.2, -0.15) is 0 Å². The lowest BCUT2D eigenvalue weighted by Gasteiger charge is -2.22. The second-order valence-corrected chi connectivity index (χ2v) is 7.76. The molecule has 0 radical (unpaired) electrons. The lowest BCUT2D eigenvalue weighted by Crippen LogP contribution is -2.29. The highest BCUT2D eigenvalue weighted by Gasteiger charge is 2.45. The fourth-order valence-corrected chi connectivity index (χ4v) is 4.36. The quantitative estimate of drug-likeness (QED) is 0.366. The van der Waals surface area contributed by atoms with Crippen LogP contribution in [0.4, 0.5) is 10.2 Å². The van der Waals surface area contributed by atoms with Gasteiger partial charge in [-0.1, -0.05) is 47.6 Å². The van der Waals surface area contributed by atoms with Crippen molar-refractivity contribution in [1.29, 1.82) is 0 Å². The zero-order valence-electron chi connectivity index (χ0n) is 16.8. The van der Waals surface area contributed by atoms with Gasteiger partial charge < -0.3 is 8.94 Å². The predicted octanol–water partition coefficient (Wildman–Crippen LogP) is 5.13. The van der Waals surface area contributed by atoms with Crippen molar-refractivity contribution < 1.29 is 18.1 Å².